The molecule has 27 nitrogen and oxygen atoms in total. The smallest absolute Gasteiger partial charge is 0.328 e. The van der Waals surface area contributed by atoms with E-state index in [1.165, 1.54) is 41.4 Å². The number of amides is 9. The Morgan fingerprint density at radius 3 is 1.92 bits per heavy atom. The number of carbonyl (C=O) groups excluding carboxylic acids is 10. The van der Waals surface area contributed by atoms with Crippen LogP contribution in [0.5, 0.6) is 11.5 Å². The molecule has 7 rings (SSSR count). The molecule has 0 aliphatic carbocycles. The zero-order chi connectivity index (χ0) is 59.7. The highest BCUT2D eigenvalue weighted by Gasteiger charge is 2.34. The molecule has 3 aromatic heterocycles. The van der Waals surface area contributed by atoms with E-state index in [-0.39, 0.29) is 126 Å². The molecule has 3 aliphatic rings. The number of aliphatic imine (C=N–C) groups is 1. The van der Waals surface area contributed by atoms with Crippen molar-refractivity contribution in [2.75, 3.05) is 88.9 Å². The first-order valence-corrected chi connectivity index (χ1v) is 26.8. The average Bonchev–Trinajstić information content (AvgIpc) is 4.29. The zero-order valence-corrected chi connectivity index (χ0v) is 46.8. The molecule has 0 bridgehead atoms. The summed E-state index contributed by atoms with van der Waals surface area (Å²) in [6.07, 6.45) is 10.1. The van der Waals surface area contributed by atoms with E-state index in [2.05, 4.69) is 43.5 Å². The summed E-state index contributed by atoms with van der Waals surface area (Å²) in [7, 11) is 6.41. The van der Waals surface area contributed by atoms with Gasteiger partial charge in [-0.1, -0.05) is 12.2 Å². The molecule has 83 heavy (non-hydrogen) atoms. The topological polar surface area (TPSA) is 323 Å². The molecular weight excluding hydrogens is 1080 g/mol. The number of esters is 1. The van der Waals surface area contributed by atoms with Crippen molar-refractivity contribution in [2.45, 2.75) is 57.5 Å². The molecule has 442 valence electrons. The van der Waals surface area contributed by atoms with Crippen LogP contribution < -0.4 is 41.4 Å². The van der Waals surface area contributed by atoms with E-state index >= 15 is 0 Å². The van der Waals surface area contributed by atoms with Crippen LogP contribution in [0.2, 0.25) is 0 Å². The fourth-order valence-corrected chi connectivity index (χ4v) is 8.95. The molecule has 1 fully saturated rings. The SMILES string of the molecule is C=C1C[C@@H]2C=Nc3cc(OCCCC(=O)Nc4cc(C(=O)Nc5cc(C(=O)Nc6cc(C(=O)NCCCOC(=O)[C@H](C)NC(=O)CCOCCOCCNC(=O)CCN7C(=O)C=CC7=O)n(C)c6)n(C)c5)n(C)c4)c(OC)cc3C(=O)N2C1. The van der Waals surface area contributed by atoms with E-state index < -0.39 is 47.5 Å². The van der Waals surface area contributed by atoms with Crippen LogP contribution in [0.4, 0.5) is 22.7 Å². The minimum absolute atomic E-state index is 0.00858. The minimum atomic E-state index is -0.935. The van der Waals surface area contributed by atoms with Crippen LogP contribution in [0.3, 0.4) is 0 Å². The molecule has 2 atom stereocenters. The first-order valence-electron chi connectivity index (χ1n) is 26.8. The van der Waals surface area contributed by atoms with Crippen LogP contribution in [0, 0.1) is 0 Å². The Balaban J connectivity index is 0.742. The van der Waals surface area contributed by atoms with Gasteiger partial charge in [-0.2, -0.15) is 0 Å². The van der Waals surface area contributed by atoms with Crippen LogP contribution in [-0.2, 0) is 64.1 Å². The first-order chi connectivity index (χ1) is 39.8. The van der Waals surface area contributed by atoms with Gasteiger partial charge in [-0.3, -0.25) is 53.0 Å². The number of aryl methyl sites for hydroxylation is 3. The lowest BCUT2D eigenvalue weighted by Crippen LogP contribution is -2.40. The summed E-state index contributed by atoms with van der Waals surface area (Å²) in [5, 5.41) is 16.3. The van der Waals surface area contributed by atoms with Gasteiger partial charge in [-0.25, -0.2) is 4.79 Å². The molecule has 4 aromatic rings. The maximum absolute atomic E-state index is 13.4. The number of aromatic nitrogens is 3. The summed E-state index contributed by atoms with van der Waals surface area (Å²) in [5.41, 5.74) is 3.58. The van der Waals surface area contributed by atoms with Gasteiger partial charge in [0.15, 0.2) is 11.5 Å². The van der Waals surface area contributed by atoms with Crippen molar-refractivity contribution >= 4 is 88.1 Å². The van der Waals surface area contributed by atoms with Gasteiger partial charge in [0, 0.05) is 110 Å². The Kier molecular flexibility index (Phi) is 21.3. The number of fused-ring (bicyclic) bond motifs is 2. The van der Waals surface area contributed by atoms with Crippen molar-refractivity contribution in [1.29, 1.82) is 0 Å². The highest BCUT2D eigenvalue weighted by atomic mass is 16.5. The van der Waals surface area contributed by atoms with E-state index in [9.17, 15) is 47.9 Å². The number of rotatable bonds is 30. The van der Waals surface area contributed by atoms with Crippen molar-refractivity contribution in [3.8, 4) is 11.5 Å². The lowest BCUT2D eigenvalue weighted by atomic mass is 10.1. The van der Waals surface area contributed by atoms with E-state index in [0.29, 0.717) is 59.2 Å². The highest BCUT2D eigenvalue weighted by Crippen LogP contribution is 2.38. The molecule has 0 unspecified atom stereocenters. The number of methoxy groups -OCH3 is 1. The van der Waals surface area contributed by atoms with Crippen LogP contribution in [-0.4, -0.2) is 174 Å². The van der Waals surface area contributed by atoms with Gasteiger partial charge < -0.3 is 74.2 Å². The monoisotopic (exact) mass is 1150 g/mol. The van der Waals surface area contributed by atoms with Crippen molar-refractivity contribution in [3.05, 3.63) is 95.9 Å². The highest BCUT2D eigenvalue weighted by molar-refractivity contribution is 6.13. The fourth-order valence-electron chi connectivity index (χ4n) is 8.95. The Hall–Kier alpha value is -9.37. The van der Waals surface area contributed by atoms with Gasteiger partial charge in [0.2, 0.25) is 17.7 Å². The Morgan fingerprint density at radius 1 is 0.663 bits per heavy atom. The van der Waals surface area contributed by atoms with Crippen molar-refractivity contribution < 1.29 is 71.6 Å². The second-order valence-electron chi connectivity index (χ2n) is 19.6. The summed E-state index contributed by atoms with van der Waals surface area (Å²) in [4.78, 5) is 133. The number of ether oxygens (including phenoxy) is 5. The molecule has 27 heteroatoms. The minimum Gasteiger partial charge on any atom is -0.493 e. The second kappa shape index (κ2) is 28.9. The average molecular weight is 1150 g/mol. The standard InChI is InChI=1S/C56H68N12O15/c1-34-23-39-29-59-41-28-46(45(79-6)27-40(41)55(77)68(39)30-34)82-17-7-9-48(70)61-36-24-43(65(4)31-36)53(75)63-38-26-44(66(5)33-38)54(76)62-37-25-42(64(3)32-37)52(74)58-14-8-18-83-56(78)35(2)60-49(71)13-19-80-21-22-81-20-15-57-47(69)12-16-67-50(72)10-11-51(67)73/h10-11,24-29,31-33,35,39H,1,7-9,12-23,30H2,2-6H3,(H,57,69)(H,58,74)(H,60,71)(H,61,70)(H,62,76)(H,63,75)/t35-,39+/m0/s1. The van der Waals surface area contributed by atoms with Crippen LogP contribution >= 0.6 is 0 Å². The van der Waals surface area contributed by atoms with Gasteiger partial charge >= 0.3 is 5.97 Å². The summed E-state index contributed by atoms with van der Waals surface area (Å²) in [5.74, 6) is -3.47. The third kappa shape index (κ3) is 16.9. The number of benzene rings is 1. The maximum Gasteiger partial charge on any atom is 0.328 e. The fraction of sp³-hybridized carbons (Fsp3) is 0.411. The molecular formula is C56H68N12O15. The number of hydrogen-bond donors (Lipinski definition) is 6. The van der Waals surface area contributed by atoms with E-state index in [0.717, 1.165) is 22.6 Å². The van der Waals surface area contributed by atoms with Crippen molar-refractivity contribution in [1.82, 2.24) is 39.5 Å². The van der Waals surface area contributed by atoms with Gasteiger partial charge in [0.1, 0.15) is 23.1 Å². The molecule has 6 heterocycles. The maximum atomic E-state index is 13.4. The molecule has 3 aliphatic heterocycles. The molecule has 9 amide bonds. The molecule has 0 saturated carbocycles. The third-order valence-corrected chi connectivity index (χ3v) is 13.2. The first kappa shape index (κ1) is 61.3. The molecule has 6 N–H and O–H groups in total. The number of carbonyl (C=O) groups is 10. The van der Waals surface area contributed by atoms with Gasteiger partial charge in [-0.15, -0.1) is 0 Å². The van der Waals surface area contributed by atoms with Crippen LogP contribution in [0.25, 0.3) is 0 Å². The van der Waals surface area contributed by atoms with Crippen LogP contribution in [0.1, 0.15) is 87.3 Å². The number of anilines is 3. The van der Waals surface area contributed by atoms with Crippen LogP contribution in [0.15, 0.2) is 78.2 Å². The van der Waals surface area contributed by atoms with Gasteiger partial charge in [0.25, 0.3) is 35.4 Å². The Morgan fingerprint density at radius 2 is 1.28 bits per heavy atom. The molecule has 1 aromatic carbocycles. The predicted octanol–water partition coefficient (Wildman–Crippen LogP) is 2.52. The Labute approximate surface area is 477 Å². The van der Waals surface area contributed by atoms with E-state index in [1.807, 2.05) is 0 Å². The Bertz CT molecular complexity index is 3190. The summed E-state index contributed by atoms with van der Waals surface area (Å²) >= 11 is 0. The molecule has 0 spiro atoms. The van der Waals surface area contributed by atoms with E-state index in [1.54, 1.807) is 67.5 Å². The third-order valence-electron chi connectivity index (χ3n) is 13.2. The van der Waals surface area contributed by atoms with E-state index in [4.69, 9.17) is 23.7 Å². The largest absolute Gasteiger partial charge is 0.493 e. The summed E-state index contributed by atoms with van der Waals surface area (Å²) in [6, 6.07) is 6.71. The lowest BCUT2D eigenvalue weighted by molar-refractivity contribution is -0.147. The predicted molar refractivity (Wildman–Crippen MR) is 300 cm³/mol. The zero-order valence-electron chi connectivity index (χ0n) is 46.8. The number of imide groups is 1. The summed E-state index contributed by atoms with van der Waals surface area (Å²) in [6.45, 7) is 7.14. The normalized spacial score (nSPS) is 14.6. The molecule has 0 radical (unpaired) electrons. The van der Waals surface area contributed by atoms with Crippen molar-refractivity contribution in [3.63, 3.8) is 0 Å². The summed E-state index contributed by atoms with van der Waals surface area (Å²) < 4.78 is 32.2. The van der Waals surface area contributed by atoms with Crippen molar-refractivity contribution in [2.24, 2.45) is 26.1 Å². The number of nitrogens with one attached hydrogen (secondary N) is 6. The second-order valence-corrected chi connectivity index (χ2v) is 19.6. The number of hydrogen-bond acceptors (Lipinski definition) is 16. The van der Waals surface area contributed by atoms with Gasteiger partial charge in [0.05, 0.1) is 81.1 Å². The number of nitrogens with zero attached hydrogens (tertiary/aromatic N) is 6. The quantitative estimate of drug-likeness (QED) is 0.0189. The molecule has 1 saturated heterocycles. The van der Waals surface area contributed by atoms with Gasteiger partial charge in [-0.05, 0) is 50.5 Å². The lowest BCUT2D eigenvalue weighted by Gasteiger charge is -2.20.